The number of amides is 1. The molecule has 0 unspecified atom stereocenters. The van der Waals surface area contributed by atoms with E-state index >= 15 is 0 Å². The standard InChI is InChI=1S/C26H31NO4/c1-17(25(28)29)24(15-18-9-3-2-4-10-18)27-26(30)31-16-23-21-13-7-5-11-19(21)20-12-6-8-14-22(20)23/h5-8,11-14,17-18,23-24H,2-4,9-10,15-16H2,1H3,(H,27,30)(H,28,29)/t17-,24+/m0/s1. The van der Waals surface area contributed by atoms with Crippen LogP contribution in [-0.4, -0.2) is 29.8 Å². The predicted octanol–water partition coefficient (Wildman–Crippen LogP) is 5.58. The Morgan fingerprint density at radius 1 is 1.00 bits per heavy atom. The van der Waals surface area contributed by atoms with Gasteiger partial charge in [0.25, 0.3) is 0 Å². The molecule has 0 spiro atoms. The zero-order chi connectivity index (χ0) is 21.8. The molecule has 0 bridgehead atoms. The molecule has 2 N–H and O–H groups in total. The van der Waals surface area contributed by atoms with E-state index in [1.54, 1.807) is 6.92 Å². The van der Waals surface area contributed by atoms with Crippen LogP contribution in [0.4, 0.5) is 4.79 Å². The van der Waals surface area contributed by atoms with E-state index in [2.05, 4.69) is 29.6 Å². The third kappa shape index (κ3) is 4.76. The van der Waals surface area contributed by atoms with Crippen LogP contribution in [0, 0.1) is 11.8 Å². The molecule has 2 atom stereocenters. The van der Waals surface area contributed by atoms with Crippen molar-refractivity contribution in [2.45, 2.75) is 57.4 Å². The Morgan fingerprint density at radius 2 is 1.58 bits per heavy atom. The number of alkyl carbamates (subject to hydrolysis) is 1. The molecule has 0 aromatic heterocycles. The van der Waals surface area contributed by atoms with Crippen molar-refractivity contribution in [3.8, 4) is 11.1 Å². The van der Waals surface area contributed by atoms with E-state index in [1.165, 1.54) is 30.4 Å². The van der Waals surface area contributed by atoms with Gasteiger partial charge in [0.05, 0.1) is 5.92 Å². The molecule has 2 aliphatic rings. The Hall–Kier alpha value is -2.82. The molecule has 5 nitrogen and oxygen atoms in total. The number of carboxylic acids is 1. The number of aliphatic carboxylic acids is 1. The van der Waals surface area contributed by atoms with Crippen LogP contribution >= 0.6 is 0 Å². The molecule has 2 aromatic rings. The molecule has 2 aliphatic carbocycles. The molecule has 1 saturated carbocycles. The van der Waals surface area contributed by atoms with Gasteiger partial charge in [0.2, 0.25) is 0 Å². The molecular weight excluding hydrogens is 390 g/mol. The molecule has 0 heterocycles. The average Bonchev–Trinajstić information content (AvgIpc) is 3.11. The van der Waals surface area contributed by atoms with Gasteiger partial charge in [-0.15, -0.1) is 0 Å². The first-order valence-corrected chi connectivity index (χ1v) is 11.4. The number of hydrogen-bond acceptors (Lipinski definition) is 3. The van der Waals surface area contributed by atoms with Crippen molar-refractivity contribution in [3.63, 3.8) is 0 Å². The van der Waals surface area contributed by atoms with Crippen LogP contribution in [0.5, 0.6) is 0 Å². The maximum atomic E-state index is 12.7. The zero-order valence-corrected chi connectivity index (χ0v) is 18.0. The summed E-state index contributed by atoms with van der Waals surface area (Å²) in [5, 5.41) is 12.4. The molecule has 1 fully saturated rings. The summed E-state index contributed by atoms with van der Waals surface area (Å²) in [7, 11) is 0. The van der Waals surface area contributed by atoms with E-state index in [1.807, 2.05) is 24.3 Å². The largest absolute Gasteiger partial charge is 0.481 e. The summed E-state index contributed by atoms with van der Waals surface area (Å²) in [4.78, 5) is 24.3. The van der Waals surface area contributed by atoms with Gasteiger partial charge in [-0.2, -0.15) is 0 Å². The maximum Gasteiger partial charge on any atom is 0.407 e. The molecule has 5 heteroatoms. The second-order valence-electron chi connectivity index (χ2n) is 8.94. The maximum absolute atomic E-state index is 12.7. The first kappa shape index (κ1) is 21.4. The highest BCUT2D eigenvalue weighted by Gasteiger charge is 2.31. The lowest BCUT2D eigenvalue weighted by atomic mass is 9.82. The highest BCUT2D eigenvalue weighted by Crippen LogP contribution is 2.44. The van der Waals surface area contributed by atoms with E-state index in [0.717, 1.165) is 24.0 Å². The quantitative estimate of drug-likeness (QED) is 0.611. The second-order valence-corrected chi connectivity index (χ2v) is 8.94. The fraction of sp³-hybridized carbons (Fsp3) is 0.462. The van der Waals surface area contributed by atoms with E-state index < -0.39 is 24.0 Å². The van der Waals surface area contributed by atoms with Gasteiger partial charge in [-0.1, -0.05) is 80.6 Å². The average molecular weight is 422 g/mol. The van der Waals surface area contributed by atoms with Crippen LogP contribution < -0.4 is 5.32 Å². The minimum absolute atomic E-state index is 0.00755. The highest BCUT2D eigenvalue weighted by atomic mass is 16.5. The molecule has 164 valence electrons. The number of rotatable bonds is 7. The monoisotopic (exact) mass is 421 g/mol. The van der Waals surface area contributed by atoms with Crippen molar-refractivity contribution in [1.82, 2.24) is 5.32 Å². The number of ether oxygens (including phenoxy) is 1. The fourth-order valence-electron chi connectivity index (χ4n) is 5.13. The smallest absolute Gasteiger partial charge is 0.407 e. The Bertz CT molecular complexity index is 889. The molecule has 0 aliphatic heterocycles. The van der Waals surface area contributed by atoms with Crippen LogP contribution in [0.2, 0.25) is 0 Å². The van der Waals surface area contributed by atoms with Crippen molar-refractivity contribution in [1.29, 1.82) is 0 Å². The van der Waals surface area contributed by atoms with Crippen molar-refractivity contribution < 1.29 is 19.4 Å². The number of carbonyl (C=O) groups is 2. The van der Waals surface area contributed by atoms with Gasteiger partial charge >= 0.3 is 12.1 Å². The second kappa shape index (κ2) is 9.54. The minimum Gasteiger partial charge on any atom is -0.481 e. The minimum atomic E-state index is -0.889. The summed E-state index contributed by atoms with van der Waals surface area (Å²) < 4.78 is 5.65. The van der Waals surface area contributed by atoms with Gasteiger partial charge in [-0.3, -0.25) is 4.79 Å². The van der Waals surface area contributed by atoms with Gasteiger partial charge in [0, 0.05) is 12.0 Å². The summed E-state index contributed by atoms with van der Waals surface area (Å²) >= 11 is 0. The van der Waals surface area contributed by atoms with Gasteiger partial charge in [-0.05, 0) is 41.5 Å². The summed E-state index contributed by atoms with van der Waals surface area (Å²) in [6.45, 7) is 1.90. The van der Waals surface area contributed by atoms with Crippen LogP contribution in [0.25, 0.3) is 11.1 Å². The molecule has 31 heavy (non-hydrogen) atoms. The lowest BCUT2D eigenvalue weighted by Crippen LogP contribution is -2.44. The fourth-order valence-corrected chi connectivity index (χ4v) is 5.13. The normalized spacial score (nSPS) is 18.0. The van der Waals surface area contributed by atoms with Crippen LogP contribution in [-0.2, 0) is 9.53 Å². The molecule has 0 radical (unpaired) electrons. The van der Waals surface area contributed by atoms with Crippen molar-refractivity contribution in [2.75, 3.05) is 6.61 Å². The third-order valence-electron chi connectivity index (χ3n) is 6.95. The molecule has 0 saturated heterocycles. The van der Waals surface area contributed by atoms with E-state index in [0.29, 0.717) is 12.3 Å². The zero-order valence-electron chi connectivity index (χ0n) is 18.0. The van der Waals surface area contributed by atoms with Crippen molar-refractivity contribution in [2.24, 2.45) is 11.8 Å². The summed E-state index contributed by atoms with van der Waals surface area (Å²) in [5.74, 6) is -1.08. The first-order valence-electron chi connectivity index (χ1n) is 11.4. The highest BCUT2D eigenvalue weighted by molar-refractivity contribution is 5.79. The molecule has 1 amide bonds. The number of nitrogens with one attached hydrogen (secondary N) is 1. The summed E-state index contributed by atoms with van der Waals surface area (Å²) in [6, 6.07) is 16.0. The predicted molar refractivity (Wildman–Crippen MR) is 120 cm³/mol. The van der Waals surface area contributed by atoms with E-state index in [4.69, 9.17) is 4.74 Å². The number of benzene rings is 2. The molecule has 4 rings (SSSR count). The van der Waals surface area contributed by atoms with Crippen molar-refractivity contribution in [3.05, 3.63) is 59.7 Å². The Labute approximate surface area is 183 Å². The van der Waals surface area contributed by atoms with Crippen molar-refractivity contribution >= 4 is 12.1 Å². The van der Waals surface area contributed by atoms with Gasteiger partial charge in [0.1, 0.15) is 6.61 Å². The number of carboxylic acid groups (broad SMARTS) is 1. The number of fused-ring (bicyclic) bond motifs is 3. The van der Waals surface area contributed by atoms with Gasteiger partial charge in [-0.25, -0.2) is 4.79 Å². The summed E-state index contributed by atoms with van der Waals surface area (Å²) in [6.07, 6.45) is 5.99. The lowest BCUT2D eigenvalue weighted by molar-refractivity contribution is -0.142. The Balaban J connectivity index is 1.42. The number of hydrogen-bond donors (Lipinski definition) is 2. The third-order valence-corrected chi connectivity index (χ3v) is 6.95. The molecular formula is C26H31NO4. The SMILES string of the molecule is C[C@H](C(=O)O)[C@@H](CC1CCCCC1)NC(=O)OCC1c2ccccc2-c2ccccc21. The van der Waals surface area contributed by atoms with Gasteiger partial charge in [0.15, 0.2) is 0 Å². The lowest BCUT2D eigenvalue weighted by Gasteiger charge is -2.29. The van der Waals surface area contributed by atoms with E-state index in [9.17, 15) is 14.7 Å². The Morgan fingerprint density at radius 3 is 2.16 bits per heavy atom. The van der Waals surface area contributed by atoms with Crippen LogP contribution in [0.1, 0.15) is 62.5 Å². The molecule has 2 aromatic carbocycles. The van der Waals surface area contributed by atoms with E-state index in [-0.39, 0.29) is 12.5 Å². The topological polar surface area (TPSA) is 75.6 Å². The van der Waals surface area contributed by atoms with Crippen LogP contribution in [0.3, 0.4) is 0 Å². The summed E-state index contributed by atoms with van der Waals surface area (Å²) in [5.41, 5.74) is 4.69. The van der Waals surface area contributed by atoms with Crippen LogP contribution in [0.15, 0.2) is 48.5 Å². The number of carbonyl (C=O) groups excluding carboxylic acids is 1. The van der Waals surface area contributed by atoms with Gasteiger partial charge < -0.3 is 15.2 Å². The first-order chi connectivity index (χ1) is 15.0. The Kier molecular flexibility index (Phi) is 6.59.